The van der Waals surface area contributed by atoms with Crippen LogP contribution in [0.5, 0.6) is 17.2 Å². The monoisotopic (exact) mass is 482 g/mol. The Bertz CT molecular complexity index is 1220. The predicted molar refractivity (Wildman–Crippen MR) is 126 cm³/mol. The number of anilines is 1. The molecule has 9 nitrogen and oxygen atoms in total. The molecule has 2 aromatic carbocycles. The van der Waals surface area contributed by atoms with Crippen molar-refractivity contribution in [3.8, 4) is 17.2 Å². The molecule has 2 N–H and O–H groups in total. The minimum atomic E-state index is -0.705. The van der Waals surface area contributed by atoms with Crippen LogP contribution in [0.4, 0.5) is 10.2 Å². The normalized spacial score (nSPS) is 13.7. The fourth-order valence-corrected chi connectivity index (χ4v) is 3.49. The van der Waals surface area contributed by atoms with Crippen molar-refractivity contribution in [1.29, 1.82) is 0 Å². The van der Waals surface area contributed by atoms with Crippen LogP contribution in [0, 0.1) is 5.82 Å². The standard InChI is InChI=1S/C25H27FN4O5/c1-3-18(15-31)34-19-11-17(24(32)27-23-7-10-29(2)28-23)12-20(14-19)35-22-6-5-16(13-21(22)26)25(33)30-8-4-9-30/h5-7,10-14,18,31H,3-4,8-9,15H2,1-2H3,(H,27,28,32)/t18-/m0/s1. The van der Waals surface area contributed by atoms with E-state index in [1.807, 2.05) is 6.92 Å². The Morgan fingerprint density at radius 2 is 1.91 bits per heavy atom. The molecule has 0 aliphatic carbocycles. The number of carbonyl (C=O) groups is 2. The van der Waals surface area contributed by atoms with Gasteiger partial charge >= 0.3 is 0 Å². The molecule has 1 saturated heterocycles. The van der Waals surface area contributed by atoms with E-state index in [2.05, 4.69) is 10.4 Å². The molecule has 10 heteroatoms. The molecule has 1 aromatic heterocycles. The zero-order chi connectivity index (χ0) is 24.9. The summed E-state index contributed by atoms with van der Waals surface area (Å²) in [6.45, 7) is 2.98. The third-order valence-electron chi connectivity index (χ3n) is 5.61. The Balaban J connectivity index is 1.59. The van der Waals surface area contributed by atoms with Gasteiger partial charge < -0.3 is 24.8 Å². The summed E-state index contributed by atoms with van der Waals surface area (Å²) in [5.74, 6) is -0.702. The molecule has 0 saturated carbocycles. The van der Waals surface area contributed by atoms with Gasteiger partial charge in [-0.25, -0.2) is 4.39 Å². The molecular weight excluding hydrogens is 455 g/mol. The third-order valence-corrected chi connectivity index (χ3v) is 5.61. The van der Waals surface area contributed by atoms with Gasteiger partial charge in [-0.05, 0) is 43.2 Å². The quantitative estimate of drug-likeness (QED) is 0.483. The van der Waals surface area contributed by atoms with Gasteiger partial charge in [0.1, 0.15) is 17.6 Å². The van der Waals surface area contributed by atoms with Crippen LogP contribution in [0.1, 0.15) is 40.5 Å². The summed E-state index contributed by atoms with van der Waals surface area (Å²) >= 11 is 0. The van der Waals surface area contributed by atoms with Gasteiger partial charge in [-0.3, -0.25) is 14.3 Å². The number of rotatable bonds is 9. The number of hydrogen-bond acceptors (Lipinski definition) is 6. The summed E-state index contributed by atoms with van der Waals surface area (Å²) in [6.07, 6.45) is 2.69. The minimum Gasteiger partial charge on any atom is -0.488 e. The zero-order valence-electron chi connectivity index (χ0n) is 19.5. The van der Waals surface area contributed by atoms with Crippen LogP contribution in [0.2, 0.25) is 0 Å². The predicted octanol–water partition coefficient (Wildman–Crippen LogP) is 3.60. The molecular formula is C25H27FN4O5. The largest absolute Gasteiger partial charge is 0.488 e. The number of aliphatic hydroxyl groups is 1. The van der Waals surface area contributed by atoms with Crippen molar-refractivity contribution < 1.29 is 28.6 Å². The number of carbonyl (C=O) groups excluding carboxylic acids is 2. The van der Waals surface area contributed by atoms with Gasteiger partial charge in [-0.2, -0.15) is 5.10 Å². The maximum Gasteiger partial charge on any atom is 0.257 e. The molecule has 184 valence electrons. The number of likely N-dealkylation sites (tertiary alicyclic amines) is 1. The van der Waals surface area contributed by atoms with Crippen molar-refractivity contribution in [1.82, 2.24) is 14.7 Å². The maximum absolute atomic E-state index is 14.8. The number of nitrogens with zero attached hydrogens (tertiary/aromatic N) is 3. The summed E-state index contributed by atoms with van der Waals surface area (Å²) in [6, 6.07) is 10.1. The Morgan fingerprint density at radius 3 is 2.51 bits per heavy atom. The second-order valence-electron chi connectivity index (χ2n) is 8.25. The van der Waals surface area contributed by atoms with Crippen molar-refractivity contribution in [3.63, 3.8) is 0 Å². The number of aliphatic hydroxyl groups excluding tert-OH is 1. The Labute approximate surface area is 202 Å². The number of nitrogens with one attached hydrogen (secondary N) is 1. The van der Waals surface area contributed by atoms with Crippen LogP contribution < -0.4 is 14.8 Å². The number of hydrogen-bond donors (Lipinski definition) is 2. The van der Waals surface area contributed by atoms with Crippen molar-refractivity contribution in [2.75, 3.05) is 25.0 Å². The van der Waals surface area contributed by atoms with E-state index < -0.39 is 17.8 Å². The first-order valence-electron chi connectivity index (χ1n) is 11.4. The van der Waals surface area contributed by atoms with E-state index in [0.29, 0.717) is 25.3 Å². The molecule has 35 heavy (non-hydrogen) atoms. The highest BCUT2D eigenvalue weighted by Gasteiger charge is 2.23. The summed E-state index contributed by atoms with van der Waals surface area (Å²) in [5, 5.41) is 16.3. The van der Waals surface area contributed by atoms with Gasteiger partial charge in [0.15, 0.2) is 17.4 Å². The van der Waals surface area contributed by atoms with Crippen molar-refractivity contribution in [2.24, 2.45) is 7.05 Å². The molecule has 1 aliphatic rings. The molecule has 1 aliphatic heterocycles. The first kappa shape index (κ1) is 24.2. The summed E-state index contributed by atoms with van der Waals surface area (Å²) in [5.41, 5.74) is 0.441. The molecule has 0 unspecified atom stereocenters. The second kappa shape index (κ2) is 10.6. The fraction of sp³-hybridized carbons (Fsp3) is 0.320. The molecule has 2 amide bonds. The third kappa shape index (κ3) is 5.78. The van der Waals surface area contributed by atoms with Gasteiger partial charge in [-0.1, -0.05) is 6.92 Å². The van der Waals surface area contributed by atoms with Crippen LogP contribution in [0.15, 0.2) is 48.7 Å². The van der Waals surface area contributed by atoms with Gasteiger partial charge in [0.2, 0.25) is 0 Å². The van der Waals surface area contributed by atoms with E-state index in [-0.39, 0.29) is 40.9 Å². The summed E-state index contributed by atoms with van der Waals surface area (Å²) < 4.78 is 27.9. The van der Waals surface area contributed by atoms with Crippen LogP contribution in [-0.4, -0.2) is 57.4 Å². The first-order chi connectivity index (χ1) is 16.9. The molecule has 1 fully saturated rings. The lowest BCUT2D eigenvalue weighted by Crippen LogP contribution is -2.42. The molecule has 0 bridgehead atoms. The number of amides is 2. The highest BCUT2D eigenvalue weighted by molar-refractivity contribution is 6.04. The van der Waals surface area contributed by atoms with Gasteiger partial charge in [0.25, 0.3) is 11.8 Å². The number of aryl methyl sites for hydroxylation is 1. The Morgan fingerprint density at radius 1 is 1.14 bits per heavy atom. The average Bonchev–Trinajstić information content (AvgIpc) is 3.21. The SMILES string of the molecule is CC[C@@H](CO)Oc1cc(Oc2ccc(C(=O)N3CCC3)cc2F)cc(C(=O)Nc2ccn(C)n2)c1. The van der Waals surface area contributed by atoms with Crippen molar-refractivity contribution in [2.45, 2.75) is 25.9 Å². The van der Waals surface area contributed by atoms with E-state index in [0.717, 1.165) is 12.5 Å². The Hall–Kier alpha value is -3.92. The van der Waals surface area contributed by atoms with Crippen LogP contribution in [-0.2, 0) is 7.05 Å². The van der Waals surface area contributed by atoms with Gasteiger partial charge in [0.05, 0.1) is 6.61 Å². The molecule has 0 spiro atoms. The number of aromatic nitrogens is 2. The Kier molecular flexibility index (Phi) is 7.31. The van der Waals surface area contributed by atoms with Crippen LogP contribution in [0.25, 0.3) is 0 Å². The number of halogens is 1. The molecule has 4 rings (SSSR count). The van der Waals surface area contributed by atoms with Gasteiger partial charge in [-0.15, -0.1) is 0 Å². The van der Waals surface area contributed by atoms with Crippen LogP contribution in [0.3, 0.4) is 0 Å². The lowest BCUT2D eigenvalue weighted by atomic mass is 10.1. The topological polar surface area (TPSA) is 106 Å². The highest BCUT2D eigenvalue weighted by atomic mass is 19.1. The first-order valence-corrected chi connectivity index (χ1v) is 11.4. The van der Waals surface area contributed by atoms with E-state index in [1.165, 1.54) is 30.3 Å². The van der Waals surface area contributed by atoms with E-state index >= 15 is 0 Å². The minimum absolute atomic E-state index is 0.104. The molecule has 3 aromatic rings. The molecule has 1 atom stereocenters. The van der Waals surface area contributed by atoms with E-state index in [4.69, 9.17) is 9.47 Å². The van der Waals surface area contributed by atoms with Crippen molar-refractivity contribution >= 4 is 17.6 Å². The summed E-state index contributed by atoms with van der Waals surface area (Å²) in [7, 11) is 1.73. The maximum atomic E-state index is 14.8. The lowest BCUT2D eigenvalue weighted by Gasteiger charge is -2.30. The zero-order valence-corrected chi connectivity index (χ0v) is 19.5. The molecule has 2 heterocycles. The van der Waals surface area contributed by atoms with E-state index in [1.54, 1.807) is 28.9 Å². The smallest absolute Gasteiger partial charge is 0.257 e. The number of ether oxygens (including phenoxy) is 2. The lowest BCUT2D eigenvalue weighted by molar-refractivity contribution is 0.0651. The van der Waals surface area contributed by atoms with E-state index in [9.17, 15) is 19.1 Å². The number of benzene rings is 2. The highest BCUT2D eigenvalue weighted by Crippen LogP contribution is 2.31. The van der Waals surface area contributed by atoms with Crippen molar-refractivity contribution in [3.05, 3.63) is 65.6 Å². The molecule has 0 radical (unpaired) electrons. The van der Waals surface area contributed by atoms with Gasteiger partial charge in [0, 0.05) is 49.6 Å². The average molecular weight is 483 g/mol. The van der Waals surface area contributed by atoms with Crippen LogP contribution >= 0.6 is 0 Å². The summed E-state index contributed by atoms with van der Waals surface area (Å²) in [4.78, 5) is 26.9. The fourth-order valence-electron chi connectivity index (χ4n) is 3.49. The second-order valence-corrected chi connectivity index (χ2v) is 8.25.